The number of nitrogens with one attached hydrogen (secondary N) is 1. The second kappa shape index (κ2) is 49.8. The lowest BCUT2D eigenvalue weighted by Gasteiger charge is -2.32. The van der Waals surface area contributed by atoms with E-state index in [9.17, 15) is 48.7 Å². The lowest BCUT2D eigenvalue weighted by atomic mass is 9.88. The zero-order valence-corrected chi connectivity index (χ0v) is 81.5. The molecule has 27 nitrogen and oxygen atoms in total. The molecule has 10 aromatic rings. The number of amides is 2. The number of methoxy groups -OCH3 is 2. The molecule has 4 atom stereocenters. The largest absolute Gasteiger partial charge is 0.492 e. The number of aryl methyl sites for hydroxylation is 8. The first-order chi connectivity index (χ1) is 65.8. The molecule has 4 aliphatic carbocycles. The molecule has 15 rings (SSSR count). The molecule has 5 heterocycles. The first kappa shape index (κ1) is 104. The van der Waals surface area contributed by atoms with Crippen molar-refractivity contribution < 1.29 is 62.4 Å². The lowest BCUT2D eigenvalue weighted by Crippen LogP contribution is -2.46. The van der Waals surface area contributed by atoms with Crippen LogP contribution in [0.5, 0.6) is 11.5 Å². The second-order valence-electron chi connectivity index (χ2n) is 35.2. The van der Waals surface area contributed by atoms with Gasteiger partial charge in [-0.25, -0.2) is 54.3 Å². The van der Waals surface area contributed by atoms with Gasteiger partial charge in [0.2, 0.25) is 11.8 Å². The van der Waals surface area contributed by atoms with Gasteiger partial charge in [0.1, 0.15) is 47.4 Å². The number of ketones is 3. The number of carbonyl (C=O) groups excluding carboxylic acids is 7. The fourth-order valence-corrected chi connectivity index (χ4v) is 18.1. The lowest BCUT2D eigenvalue weighted by molar-refractivity contribution is -0.142. The Morgan fingerprint density at radius 2 is 0.934 bits per heavy atom. The van der Waals surface area contributed by atoms with Crippen LogP contribution in [0.2, 0.25) is 5.02 Å². The number of rotatable bonds is 26. The van der Waals surface area contributed by atoms with Crippen LogP contribution in [0.15, 0.2) is 157 Å². The molecular formula is C109H125ClN14O13. The summed E-state index contributed by atoms with van der Waals surface area (Å²) in [5.74, 6) is -2.04. The average Bonchev–Trinajstić information content (AvgIpc) is 1.01. The molecule has 0 radical (unpaired) electrons. The summed E-state index contributed by atoms with van der Waals surface area (Å²) < 4.78 is 21.8. The van der Waals surface area contributed by atoms with E-state index in [2.05, 4.69) is 96.8 Å². The van der Waals surface area contributed by atoms with Crippen molar-refractivity contribution >= 4 is 69.8 Å². The van der Waals surface area contributed by atoms with Gasteiger partial charge in [0.05, 0.1) is 77.4 Å². The molecule has 4 bridgehead atoms. The molecule has 137 heavy (non-hydrogen) atoms. The standard InChI is InChI=1S/C52H64N8O7.C19H20N2O2.C18H18N2O2.C14H13ClN2O2.C6H10/c1-31-26-45(63)49(60(4)52(65)39(19-21-54)30-44(62)48-32(2)57-50(58-33(48)3)37-14-12-36(13-15-37)35-8-5-6-9-35)38-16-18-47(67-25-23-56)41(29-38)40-27-34(11-17-46(40)66-24-22-55)28-42(59-51(31)64)43(61)10-7-20-53;1-12-17(19(22)23-3)13(2)21-18(20-12)16-10-8-15(9-11-16)14-6-4-5-7-14;1-11-16(18(21)22)12(2)20-17(19-11)15-9-7-14(8-10-15)13-5-3-4-6-13;1-8-12(14(18)19-3)9(2)17-13(16-8)10-4-6-11(15)7-5-10;1-6-4-2-3-5-6/h11-18,27,29,31,35,39,42,49H,5-10,19,21-26,28,30,54-56H2,1-4H3,(H,59,64);6,8-11H,4-5,7H2,1-3H3;5,7-10H,3-4,6H2,1-2H3,(H,21,22);4-7H,1-3H3;4H,2-3,5H2,1H3/t31-,39-,42+,49+;;;;/m1..../s1. The van der Waals surface area contributed by atoms with Gasteiger partial charge in [0, 0.05) is 96.1 Å². The van der Waals surface area contributed by atoms with Crippen molar-refractivity contribution in [3.63, 3.8) is 0 Å². The number of nitrogens with two attached hydrogens (primary N) is 3. The van der Waals surface area contributed by atoms with Crippen LogP contribution in [-0.4, -0.2) is 157 Å². The Morgan fingerprint density at radius 3 is 1.34 bits per heavy atom. The molecule has 6 aromatic carbocycles. The predicted molar refractivity (Wildman–Crippen MR) is 532 cm³/mol. The third-order valence-electron chi connectivity index (χ3n) is 25.2. The molecule has 2 amide bonds. The van der Waals surface area contributed by atoms with Gasteiger partial charge in [-0.15, -0.1) is 0 Å². The van der Waals surface area contributed by atoms with Crippen LogP contribution in [0.25, 0.3) is 67.8 Å². The Labute approximate surface area is 807 Å². The number of halogens is 1. The second-order valence-corrected chi connectivity index (χ2v) is 35.6. The summed E-state index contributed by atoms with van der Waals surface area (Å²) in [5.41, 5.74) is 37.6. The van der Waals surface area contributed by atoms with E-state index in [4.69, 9.17) is 57.7 Å². The number of aromatic nitrogens is 8. The fraction of sp³-hybridized carbons (Fsp3) is 0.385. The zero-order valence-electron chi connectivity index (χ0n) is 80.7. The average molecular weight is 1870 g/mol. The zero-order chi connectivity index (χ0) is 98.7. The van der Waals surface area contributed by atoms with Gasteiger partial charge < -0.3 is 51.5 Å². The number of nitrogens with zero attached hydrogens (tertiary/aromatic N) is 10. The number of hydrogen-bond acceptors (Lipinski definition) is 24. The maximum atomic E-state index is 14.8. The summed E-state index contributed by atoms with van der Waals surface area (Å²) in [5, 5.41) is 21.9. The van der Waals surface area contributed by atoms with Crippen LogP contribution in [0.1, 0.15) is 256 Å². The number of likely N-dealkylation sites (N-methyl/N-ethyl adjacent to an activating group) is 1. The number of hydrogen-bond donors (Lipinski definition) is 5. The van der Waals surface area contributed by atoms with E-state index < -0.39 is 59.4 Å². The highest BCUT2D eigenvalue weighted by atomic mass is 35.5. The summed E-state index contributed by atoms with van der Waals surface area (Å²) in [7, 11) is 4.22. The normalized spacial score (nSPS) is 15.7. The van der Waals surface area contributed by atoms with E-state index >= 15 is 0 Å². The van der Waals surface area contributed by atoms with E-state index in [-0.39, 0.29) is 88.5 Å². The van der Waals surface area contributed by atoms with Crippen LogP contribution >= 0.6 is 11.6 Å². The maximum Gasteiger partial charge on any atom is 0.341 e. The van der Waals surface area contributed by atoms with Crippen LogP contribution in [0.3, 0.4) is 0 Å². The molecule has 5 aliphatic rings. The molecule has 8 N–H and O–H groups in total. The molecule has 716 valence electrons. The Kier molecular flexibility index (Phi) is 37.8. The number of nitriles is 1. The van der Waals surface area contributed by atoms with Crippen LogP contribution in [0.4, 0.5) is 0 Å². The number of benzene rings is 6. The van der Waals surface area contributed by atoms with E-state index in [1.807, 2.05) is 74.5 Å². The topological polar surface area (TPSA) is 414 Å². The summed E-state index contributed by atoms with van der Waals surface area (Å²) in [6.07, 6.45) is 22.6. The minimum atomic E-state index is -1.24. The fourth-order valence-electron chi connectivity index (χ4n) is 18.0. The van der Waals surface area contributed by atoms with Crippen molar-refractivity contribution in [3.05, 3.63) is 258 Å². The van der Waals surface area contributed by atoms with E-state index in [0.717, 1.165) is 41.5 Å². The molecule has 1 aliphatic heterocycles. The number of esters is 2. The van der Waals surface area contributed by atoms with Gasteiger partial charge in [-0.05, 0) is 246 Å². The van der Waals surface area contributed by atoms with Gasteiger partial charge in [-0.1, -0.05) is 140 Å². The van der Waals surface area contributed by atoms with E-state index in [0.29, 0.717) is 130 Å². The van der Waals surface area contributed by atoms with Crippen molar-refractivity contribution in [2.45, 2.75) is 209 Å². The maximum absolute atomic E-state index is 14.8. The number of carboxylic acids is 1. The highest BCUT2D eigenvalue weighted by Crippen LogP contribution is 2.43. The minimum Gasteiger partial charge on any atom is -0.492 e. The van der Waals surface area contributed by atoms with Crippen LogP contribution in [-0.2, 0) is 35.1 Å². The molecule has 0 unspecified atom stereocenters. The number of carbonyl (C=O) groups is 8. The van der Waals surface area contributed by atoms with Gasteiger partial charge in [-0.2, -0.15) is 5.26 Å². The number of carboxylic acid groups (broad SMARTS) is 1. The van der Waals surface area contributed by atoms with E-state index in [1.54, 1.807) is 96.5 Å². The third kappa shape index (κ3) is 27.2. The molecular weight excluding hydrogens is 1750 g/mol. The van der Waals surface area contributed by atoms with Crippen molar-refractivity contribution in [3.8, 4) is 74.2 Å². The molecule has 1 fully saturated rings. The Morgan fingerprint density at radius 1 is 0.518 bits per heavy atom. The summed E-state index contributed by atoms with van der Waals surface area (Å²) in [6, 6.07) is 42.4. The van der Waals surface area contributed by atoms with Gasteiger partial charge in [-0.3, -0.25) is 24.0 Å². The quantitative estimate of drug-likeness (QED) is 0.0191. The van der Waals surface area contributed by atoms with Crippen LogP contribution < -0.4 is 32.0 Å². The van der Waals surface area contributed by atoms with Crippen LogP contribution in [0, 0.1) is 78.6 Å². The number of fused-ring (bicyclic) bond motifs is 5. The molecule has 0 spiro atoms. The third-order valence-corrected chi connectivity index (χ3v) is 25.4. The number of aromatic carboxylic acids is 1. The first-order valence-electron chi connectivity index (χ1n) is 46.9. The summed E-state index contributed by atoms with van der Waals surface area (Å²) in [6.45, 7) is 18.7. The monoisotopic (exact) mass is 1870 g/mol. The van der Waals surface area contributed by atoms with Gasteiger partial charge in [0.15, 0.2) is 40.6 Å². The number of allylic oxidation sites excluding steroid dienone is 6. The SMILES string of the molecule is CC1=CCCC1.COC(=O)c1c(C)nc(-c2ccc(C3=CCCC3)cc2)nc1C.COC(=O)c1c(C)nc(-c2ccc(Cl)cc2)nc1C.Cc1nc(-c2ccc(C3=CCCC3)cc2)nc(C)c1C(=O)O.Cc1nc(-c2ccc(C3CCCC3)cc2)nc(C)c1C(=O)C[C@@H](CCN)C(=O)N(C)[C@@H]1C(=O)C[C@@H](C)C(=O)N[C@H](C(=O)CCC#N)Cc2ccc(OCCN)c(c2)-c2cc1ccc2OCCN. The van der Waals surface area contributed by atoms with Crippen molar-refractivity contribution in [1.82, 2.24) is 50.1 Å². The van der Waals surface area contributed by atoms with Gasteiger partial charge in [0.25, 0.3) is 0 Å². The molecule has 1 saturated carbocycles. The van der Waals surface area contributed by atoms with E-state index in [1.165, 1.54) is 118 Å². The van der Waals surface area contributed by atoms with Crippen molar-refractivity contribution in [1.29, 1.82) is 5.26 Å². The summed E-state index contributed by atoms with van der Waals surface area (Å²) >= 11 is 5.85. The Balaban J connectivity index is 0.000000205. The summed E-state index contributed by atoms with van der Waals surface area (Å²) in [4.78, 5) is 143. The molecule has 0 saturated heterocycles. The van der Waals surface area contributed by atoms with Gasteiger partial charge >= 0.3 is 17.9 Å². The highest BCUT2D eigenvalue weighted by molar-refractivity contribution is 6.30. The number of Topliss-reactive ketones (excluding diaryl/α,β-unsaturated/α-hetero) is 3. The molecule has 4 aromatic heterocycles. The minimum absolute atomic E-state index is 0.0295. The first-order valence-corrected chi connectivity index (χ1v) is 47.3. The predicted octanol–water partition coefficient (Wildman–Crippen LogP) is 19.5. The van der Waals surface area contributed by atoms with Crippen molar-refractivity contribution in [2.24, 2.45) is 29.0 Å². The Bertz CT molecular complexity index is 6090. The highest BCUT2D eigenvalue weighted by Gasteiger charge is 2.38. The molecule has 28 heteroatoms. The Hall–Kier alpha value is -13.5. The smallest absolute Gasteiger partial charge is 0.341 e. The van der Waals surface area contributed by atoms with Crippen molar-refractivity contribution in [2.75, 3.05) is 54.1 Å². The number of ether oxygens (including phenoxy) is 4.